The lowest BCUT2D eigenvalue weighted by Gasteiger charge is -2.22. The van der Waals surface area contributed by atoms with Gasteiger partial charge in [-0.2, -0.15) is 0 Å². The molecule has 1 atom stereocenters. The van der Waals surface area contributed by atoms with Gasteiger partial charge in [0.05, 0.1) is 7.11 Å². The van der Waals surface area contributed by atoms with E-state index in [9.17, 15) is 0 Å². The van der Waals surface area contributed by atoms with Crippen LogP contribution in [-0.2, 0) is 0 Å². The molecule has 2 rings (SSSR count). The zero-order valence-corrected chi connectivity index (χ0v) is 14.0. The zero-order valence-electron chi connectivity index (χ0n) is 12.4. The maximum Gasteiger partial charge on any atom is 0.120 e. The molecule has 0 fully saturated rings. The Bertz CT molecular complexity index is 571. The lowest BCUT2D eigenvalue weighted by atomic mass is 10.0. The molecule has 4 heteroatoms. The molecule has 1 unspecified atom stereocenters. The van der Waals surface area contributed by atoms with Crippen molar-refractivity contribution in [3.8, 4) is 5.75 Å². The monoisotopic (exact) mass is 348 g/mol. The van der Waals surface area contributed by atoms with Crippen LogP contribution < -0.4 is 15.4 Å². The first kappa shape index (κ1) is 15.9. The smallest absolute Gasteiger partial charge is 0.120 e. The normalized spacial score (nSPS) is 12.0. The Morgan fingerprint density at radius 3 is 2.57 bits per heavy atom. The summed E-state index contributed by atoms with van der Waals surface area (Å²) in [5.74, 6) is 0.872. The van der Waals surface area contributed by atoms with Crippen LogP contribution in [0.15, 0.2) is 53.0 Å². The number of ether oxygens (including phenoxy) is 1. The van der Waals surface area contributed by atoms with Crippen molar-refractivity contribution in [2.75, 3.05) is 25.6 Å². The average molecular weight is 349 g/mol. The SMILES string of the molecule is COc1cccc(N(C)CCC(N)c2ccc(Br)cc2)c1. The highest BCUT2D eigenvalue weighted by molar-refractivity contribution is 9.10. The van der Waals surface area contributed by atoms with Crippen molar-refractivity contribution in [3.63, 3.8) is 0 Å². The second-order valence-electron chi connectivity index (χ2n) is 5.07. The van der Waals surface area contributed by atoms with Gasteiger partial charge in [0.15, 0.2) is 0 Å². The maximum absolute atomic E-state index is 6.26. The molecule has 0 aliphatic rings. The van der Waals surface area contributed by atoms with Crippen LogP contribution in [0.5, 0.6) is 5.75 Å². The number of nitrogens with zero attached hydrogens (tertiary/aromatic N) is 1. The summed E-state index contributed by atoms with van der Waals surface area (Å²) in [6.45, 7) is 0.893. The quantitative estimate of drug-likeness (QED) is 0.857. The molecule has 2 aromatic carbocycles. The van der Waals surface area contributed by atoms with Gasteiger partial charge in [-0.1, -0.05) is 34.1 Å². The number of benzene rings is 2. The van der Waals surface area contributed by atoms with Gasteiger partial charge in [-0.05, 0) is 36.2 Å². The molecule has 0 aromatic heterocycles. The Hall–Kier alpha value is -1.52. The van der Waals surface area contributed by atoms with E-state index in [4.69, 9.17) is 10.5 Å². The van der Waals surface area contributed by atoms with E-state index in [0.717, 1.165) is 34.4 Å². The molecule has 2 aromatic rings. The molecule has 0 heterocycles. The predicted octanol–water partition coefficient (Wildman–Crippen LogP) is 3.98. The zero-order chi connectivity index (χ0) is 15.2. The fraction of sp³-hybridized carbons (Fsp3) is 0.294. The standard InChI is InChI=1S/C17H21BrN2O/c1-20(15-4-3-5-16(12-15)21-2)11-10-17(19)13-6-8-14(18)9-7-13/h3-9,12,17H,10-11,19H2,1-2H3. The summed E-state index contributed by atoms with van der Waals surface area (Å²) in [6, 6.07) is 16.3. The Morgan fingerprint density at radius 1 is 1.19 bits per heavy atom. The first-order valence-electron chi connectivity index (χ1n) is 6.96. The number of nitrogens with two attached hydrogens (primary N) is 1. The average Bonchev–Trinajstić information content (AvgIpc) is 2.53. The van der Waals surface area contributed by atoms with Crippen LogP contribution in [0, 0.1) is 0 Å². The van der Waals surface area contributed by atoms with E-state index in [1.54, 1.807) is 7.11 Å². The lowest BCUT2D eigenvalue weighted by Crippen LogP contribution is -2.23. The van der Waals surface area contributed by atoms with Gasteiger partial charge >= 0.3 is 0 Å². The van der Waals surface area contributed by atoms with E-state index in [1.807, 2.05) is 30.3 Å². The van der Waals surface area contributed by atoms with Crippen molar-refractivity contribution in [2.24, 2.45) is 5.73 Å². The molecule has 0 aliphatic heterocycles. The largest absolute Gasteiger partial charge is 0.497 e. The number of rotatable bonds is 6. The van der Waals surface area contributed by atoms with Gasteiger partial charge in [0, 0.05) is 35.9 Å². The van der Waals surface area contributed by atoms with Crippen LogP contribution in [0.2, 0.25) is 0 Å². The number of methoxy groups -OCH3 is 1. The molecule has 21 heavy (non-hydrogen) atoms. The Labute approximate surface area is 134 Å². The molecule has 0 saturated carbocycles. The third-order valence-corrected chi connectivity index (χ3v) is 4.10. The van der Waals surface area contributed by atoms with Gasteiger partial charge in [0.1, 0.15) is 5.75 Å². The van der Waals surface area contributed by atoms with Crippen molar-refractivity contribution < 1.29 is 4.74 Å². The molecule has 0 saturated heterocycles. The topological polar surface area (TPSA) is 38.5 Å². The summed E-state index contributed by atoms with van der Waals surface area (Å²) >= 11 is 3.44. The Balaban J connectivity index is 1.93. The van der Waals surface area contributed by atoms with Crippen LogP contribution in [0.1, 0.15) is 18.0 Å². The highest BCUT2D eigenvalue weighted by Crippen LogP contribution is 2.22. The fourth-order valence-corrected chi connectivity index (χ4v) is 2.45. The van der Waals surface area contributed by atoms with E-state index in [0.29, 0.717) is 0 Å². The van der Waals surface area contributed by atoms with Crippen molar-refractivity contribution in [3.05, 3.63) is 58.6 Å². The van der Waals surface area contributed by atoms with E-state index in [2.05, 4.69) is 46.1 Å². The first-order valence-corrected chi connectivity index (χ1v) is 7.75. The third-order valence-electron chi connectivity index (χ3n) is 3.57. The Morgan fingerprint density at radius 2 is 1.90 bits per heavy atom. The molecule has 112 valence electrons. The number of halogens is 1. The van der Waals surface area contributed by atoms with Crippen molar-refractivity contribution in [2.45, 2.75) is 12.5 Å². The lowest BCUT2D eigenvalue weighted by molar-refractivity contribution is 0.415. The van der Waals surface area contributed by atoms with E-state index < -0.39 is 0 Å². The van der Waals surface area contributed by atoms with Gasteiger partial charge in [-0.3, -0.25) is 0 Å². The molecular weight excluding hydrogens is 328 g/mol. The van der Waals surface area contributed by atoms with Crippen molar-refractivity contribution in [1.82, 2.24) is 0 Å². The van der Waals surface area contributed by atoms with Crippen LogP contribution in [0.25, 0.3) is 0 Å². The van der Waals surface area contributed by atoms with Gasteiger partial charge in [-0.15, -0.1) is 0 Å². The first-order chi connectivity index (χ1) is 10.1. The second-order valence-corrected chi connectivity index (χ2v) is 5.99. The molecule has 0 spiro atoms. The minimum Gasteiger partial charge on any atom is -0.497 e. The Kier molecular flexibility index (Phi) is 5.65. The summed E-state index contributed by atoms with van der Waals surface area (Å²) in [7, 11) is 3.76. The highest BCUT2D eigenvalue weighted by Gasteiger charge is 2.08. The number of hydrogen-bond acceptors (Lipinski definition) is 3. The summed E-state index contributed by atoms with van der Waals surface area (Å²) in [6.07, 6.45) is 0.898. The summed E-state index contributed by atoms with van der Waals surface area (Å²) in [5.41, 5.74) is 8.56. The number of hydrogen-bond donors (Lipinski definition) is 1. The van der Waals surface area contributed by atoms with Crippen LogP contribution >= 0.6 is 15.9 Å². The minimum atomic E-state index is 0.0474. The molecule has 0 radical (unpaired) electrons. The van der Waals surface area contributed by atoms with Crippen molar-refractivity contribution >= 4 is 21.6 Å². The van der Waals surface area contributed by atoms with Gasteiger partial charge in [0.25, 0.3) is 0 Å². The van der Waals surface area contributed by atoms with Gasteiger partial charge < -0.3 is 15.4 Å². The minimum absolute atomic E-state index is 0.0474. The molecule has 0 amide bonds. The number of anilines is 1. The van der Waals surface area contributed by atoms with Crippen LogP contribution in [-0.4, -0.2) is 20.7 Å². The summed E-state index contributed by atoms with van der Waals surface area (Å²) in [4.78, 5) is 2.20. The highest BCUT2D eigenvalue weighted by atomic mass is 79.9. The van der Waals surface area contributed by atoms with Crippen LogP contribution in [0.4, 0.5) is 5.69 Å². The van der Waals surface area contributed by atoms with Crippen molar-refractivity contribution in [1.29, 1.82) is 0 Å². The fourth-order valence-electron chi connectivity index (χ4n) is 2.19. The molecular formula is C17H21BrN2O. The summed E-state index contributed by atoms with van der Waals surface area (Å²) < 4.78 is 6.33. The predicted molar refractivity (Wildman–Crippen MR) is 92.0 cm³/mol. The van der Waals surface area contributed by atoms with E-state index in [1.165, 1.54) is 0 Å². The molecule has 0 aliphatic carbocycles. The summed E-state index contributed by atoms with van der Waals surface area (Å²) in [5, 5.41) is 0. The van der Waals surface area contributed by atoms with Gasteiger partial charge in [0.2, 0.25) is 0 Å². The maximum atomic E-state index is 6.26. The molecule has 0 bridgehead atoms. The van der Waals surface area contributed by atoms with Crippen LogP contribution in [0.3, 0.4) is 0 Å². The second kappa shape index (κ2) is 7.48. The van der Waals surface area contributed by atoms with E-state index >= 15 is 0 Å². The molecule has 2 N–H and O–H groups in total. The van der Waals surface area contributed by atoms with Gasteiger partial charge in [-0.25, -0.2) is 0 Å². The third kappa shape index (κ3) is 4.48. The molecule has 3 nitrogen and oxygen atoms in total. The van der Waals surface area contributed by atoms with E-state index in [-0.39, 0.29) is 6.04 Å².